The Morgan fingerprint density at radius 2 is 1.94 bits per heavy atom. The molecule has 0 unspecified atom stereocenters. The molecule has 5 nitrogen and oxygen atoms in total. The first-order valence-corrected chi connectivity index (χ1v) is 6.43. The number of rotatable bonds is 3. The van der Waals surface area contributed by atoms with Gasteiger partial charge in [0.05, 0.1) is 4.90 Å². The van der Waals surface area contributed by atoms with Crippen molar-refractivity contribution in [3.8, 4) is 0 Å². The maximum Gasteiger partial charge on any atom is 0.272 e. The predicted octanol–water partition coefficient (Wildman–Crippen LogP) is 1.31. The highest BCUT2D eigenvalue weighted by Gasteiger charge is 2.15. The van der Waals surface area contributed by atoms with Crippen LogP contribution in [0.15, 0.2) is 52.3 Å². The van der Waals surface area contributed by atoms with Crippen LogP contribution in [0.4, 0.5) is 10.1 Å². The number of hydrogen-bond donors (Lipinski definition) is 2. The van der Waals surface area contributed by atoms with E-state index in [-0.39, 0.29) is 10.6 Å². The molecule has 7 heteroatoms. The molecule has 1 aromatic carbocycles. The topological polar surface area (TPSA) is 79.0 Å². The molecule has 0 saturated heterocycles. The molecule has 0 fully saturated rings. The van der Waals surface area contributed by atoms with Crippen molar-refractivity contribution in [1.29, 1.82) is 0 Å². The third-order valence-electron chi connectivity index (χ3n) is 2.17. The van der Waals surface area contributed by atoms with Crippen molar-refractivity contribution in [2.24, 2.45) is 0 Å². The Morgan fingerprint density at radius 3 is 2.61 bits per heavy atom. The molecule has 2 aromatic rings. The van der Waals surface area contributed by atoms with Crippen molar-refractivity contribution in [2.45, 2.75) is 4.90 Å². The van der Waals surface area contributed by atoms with Gasteiger partial charge in [-0.05, 0) is 30.3 Å². The molecular formula is C11H9FN2O3S. The molecule has 0 bridgehead atoms. The van der Waals surface area contributed by atoms with E-state index < -0.39 is 21.4 Å². The third kappa shape index (κ3) is 2.57. The lowest BCUT2D eigenvalue weighted by atomic mass is 10.4. The monoisotopic (exact) mass is 268 g/mol. The van der Waals surface area contributed by atoms with Crippen LogP contribution in [0.2, 0.25) is 0 Å². The molecule has 0 radical (unpaired) electrons. The molecule has 18 heavy (non-hydrogen) atoms. The highest BCUT2D eigenvalue weighted by atomic mass is 32.2. The Balaban J connectivity index is 2.40. The molecule has 2 rings (SSSR count). The van der Waals surface area contributed by atoms with Gasteiger partial charge in [0.2, 0.25) is 0 Å². The van der Waals surface area contributed by atoms with E-state index in [2.05, 4.69) is 9.71 Å². The van der Waals surface area contributed by atoms with E-state index in [0.29, 0.717) is 0 Å². The molecule has 0 aliphatic carbocycles. The van der Waals surface area contributed by atoms with Gasteiger partial charge in [-0.2, -0.15) is 0 Å². The molecule has 94 valence electrons. The zero-order valence-electron chi connectivity index (χ0n) is 9.05. The van der Waals surface area contributed by atoms with Crippen molar-refractivity contribution >= 4 is 15.7 Å². The number of aromatic amines is 1. The summed E-state index contributed by atoms with van der Waals surface area (Å²) in [5.41, 5.74) is -0.695. The summed E-state index contributed by atoms with van der Waals surface area (Å²) in [5, 5.41) is 0. The SMILES string of the molecule is O=c1[nH]cccc1NS(=O)(=O)c1cccc(F)c1. The number of benzene rings is 1. The van der Waals surface area contributed by atoms with Gasteiger partial charge in [0.25, 0.3) is 15.6 Å². The Kier molecular flexibility index (Phi) is 3.15. The normalized spacial score (nSPS) is 11.2. The van der Waals surface area contributed by atoms with E-state index >= 15 is 0 Å². The molecule has 0 amide bonds. The Hall–Kier alpha value is -2.15. The van der Waals surface area contributed by atoms with Crippen LogP contribution in [-0.2, 0) is 10.0 Å². The van der Waals surface area contributed by atoms with Gasteiger partial charge in [0.1, 0.15) is 11.5 Å². The average molecular weight is 268 g/mol. The highest BCUT2D eigenvalue weighted by Crippen LogP contribution is 2.13. The fourth-order valence-electron chi connectivity index (χ4n) is 1.34. The predicted molar refractivity (Wildman–Crippen MR) is 64.3 cm³/mol. The van der Waals surface area contributed by atoms with E-state index in [1.54, 1.807) is 0 Å². The standard InChI is InChI=1S/C11H9FN2O3S/c12-8-3-1-4-9(7-8)18(16,17)14-10-5-2-6-13-11(10)15/h1-7,14H,(H,13,15). The van der Waals surface area contributed by atoms with E-state index in [1.807, 2.05) is 0 Å². The summed E-state index contributed by atoms with van der Waals surface area (Å²) < 4.78 is 38.8. The molecule has 0 spiro atoms. The summed E-state index contributed by atoms with van der Waals surface area (Å²) in [5.74, 6) is -0.667. The zero-order chi connectivity index (χ0) is 13.2. The summed E-state index contributed by atoms with van der Waals surface area (Å²) in [7, 11) is -3.97. The Morgan fingerprint density at radius 1 is 1.17 bits per heavy atom. The summed E-state index contributed by atoms with van der Waals surface area (Å²) >= 11 is 0. The van der Waals surface area contributed by atoms with Gasteiger partial charge in [-0.1, -0.05) is 6.07 Å². The van der Waals surface area contributed by atoms with Crippen LogP contribution in [0.1, 0.15) is 0 Å². The number of sulfonamides is 1. The minimum atomic E-state index is -3.97. The summed E-state index contributed by atoms with van der Waals surface area (Å²) in [6, 6.07) is 7.32. The fourth-order valence-corrected chi connectivity index (χ4v) is 2.43. The van der Waals surface area contributed by atoms with E-state index in [9.17, 15) is 17.6 Å². The van der Waals surface area contributed by atoms with Gasteiger partial charge in [-0.3, -0.25) is 9.52 Å². The number of aromatic nitrogens is 1. The highest BCUT2D eigenvalue weighted by molar-refractivity contribution is 7.92. The second-order valence-electron chi connectivity index (χ2n) is 3.48. The number of hydrogen-bond acceptors (Lipinski definition) is 3. The summed E-state index contributed by atoms with van der Waals surface area (Å²) in [6.45, 7) is 0. The quantitative estimate of drug-likeness (QED) is 0.881. The van der Waals surface area contributed by atoms with Crippen molar-refractivity contribution < 1.29 is 12.8 Å². The van der Waals surface area contributed by atoms with E-state index in [1.165, 1.54) is 30.5 Å². The van der Waals surface area contributed by atoms with Crippen LogP contribution >= 0.6 is 0 Å². The molecule has 1 aromatic heterocycles. The van der Waals surface area contributed by atoms with Gasteiger partial charge in [0.15, 0.2) is 0 Å². The van der Waals surface area contributed by atoms with Crippen molar-refractivity contribution in [2.75, 3.05) is 4.72 Å². The second kappa shape index (κ2) is 4.61. The van der Waals surface area contributed by atoms with Crippen LogP contribution in [0.3, 0.4) is 0 Å². The smallest absolute Gasteiger partial charge is 0.272 e. The second-order valence-corrected chi connectivity index (χ2v) is 5.16. The minimum Gasteiger partial charge on any atom is -0.327 e. The number of nitrogens with one attached hydrogen (secondary N) is 2. The van der Waals surface area contributed by atoms with E-state index in [0.717, 1.165) is 12.1 Å². The van der Waals surface area contributed by atoms with Crippen LogP contribution in [0, 0.1) is 5.82 Å². The zero-order valence-corrected chi connectivity index (χ0v) is 9.87. The fraction of sp³-hybridized carbons (Fsp3) is 0. The van der Waals surface area contributed by atoms with Crippen molar-refractivity contribution in [3.05, 3.63) is 58.8 Å². The number of anilines is 1. The first-order chi connectivity index (χ1) is 8.49. The van der Waals surface area contributed by atoms with Gasteiger partial charge in [-0.25, -0.2) is 12.8 Å². The van der Waals surface area contributed by atoms with Crippen molar-refractivity contribution in [3.63, 3.8) is 0 Å². The third-order valence-corrected chi connectivity index (χ3v) is 3.53. The first kappa shape index (κ1) is 12.3. The Labute approximate surface area is 102 Å². The molecule has 0 atom stereocenters. The van der Waals surface area contributed by atoms with Gasteiger partial charge >= 0.3 is 0 Å². The number of H-pyrrole nitrogens is 1. The average Bonchev–Trinajstić information content (AvgIpc) is 2.32. The van der Waals surface area contributed by atoms with Crippen LogP contribution in [0.25, 0.3) is 0 Å². The largest absolute Gasteiger partial charge is 0.327 e. The molecule has 1 heterocycles. The maximum absolute atomic E-state index is 13.0. The lowest BCUT2D eigenvalue weighted by Crippen LogP contribution is -2.19. The lowest BCUT2D eigenvalue weighted by Gasteiger charge is -2.06. The molecule has 0 aliphatic rings. The van der Waals surface area contributed by atoms with Crippen molar-refractivity contribution in [1.82, 2.24) is 4.98 Å². The number of pyridine rings is 1. The molecule has 0 aliphatic heterocycles. The lowest BCUT2D eigenvalue weighted by molar-refractivity contribution is 0.595. The molecule has 0 saturated carbocycles. The minimum absolute atomic E-state index is 0.123. The molecule has 2 N–H and O–H groups in total. The molecular weight excluding hydrogens is 259 g/mol. The van der Waals surface area contributed by atoms with Crippen LogP contribution < -0.4 is 10.3 Å². The van der Waals surface area contributed by atoms with Crippen LogP contribution in [-0.4, -0.2) is 13.4 Å². The van der Waals surface area contributed by atoms with Gasteiger partial charge in [-0.15, -0.1) is 0 Å². The summed E-state index contributed by atoms with van der Waals surface area (Å²) in [4.78, 5) is 13.4. The Bertz CT molecular complexity index is 725. The summed E-state index contributed by atoms with van der Waals surface area (Å²) in [6.07, 6.45) is 1.38. The van der Waals surface area contributed by atoms with Gasteiger partial charge in [0, 0.05) is 6.20 Å². The van der Waals surface area contributed by atoms with Gasteiger partial charge < -0.3 is 4.98 Å². The van der Waals surface area contributed by atoms with E-state index in [4.69, 9.17) is 0 Å². The first-order valence-electron chi connectivity index (χ1n) is 4.95. The maximum atomic E-state index is 13.0. The van der Waals surface area contributed by atoms with Crippen LogP contribution in [0.5, 0.6) is 0 Å². The number of halogens is 1.